The number of hydrogen-bond donors (Lipinski definition) is 1. The lowest BCUT2D eigenvalue weighted by molar-refractivity contribution is 0.394. The van der Waals surface area contributed by atoms with Gasteiger partial charge in [-0.15, -0.1) is 10.2 Å². The molecule has 0 aliphatic carbocycles. The van der Waals surface area contributed by atoms with Crippen LogP contribution in [0.2, 0.25) is 0 Å². The molecule has 152 valence electrons. The Bertz CT molecular complexity index is 1090. The molecule has 0 aliphatic rings. The van der Waals surface area contributed by atoms with Gasteiger partial charge in [-0.1, -0.05) is 30.3 Å². The molecule has 7 heteroatoms. The van der Waals surface area contributed by atoms with Crippen molar-refractivity contribution in [1.82, 2.24) is 10.2 Å². The van der Waals surface area contributed by atoms with Crippen molar-refractivity contribution >= 4 is 5.69 Å². The molecular weight excluding hydrogens is 385 g/mol. The van der Waals surface area contributed by atoms with Crippen LogP contribution in [0.5, 0.6) is 11.5 Å². The highest BCUT2D eigenvalue weighted by atomic mass is 19.1. The van der Waals surface area contributed by atoms with Gasteiger partial charge in [0.15, 0.2) is 0 Å². The summed E-state index contributed by atoms with van der Waals surface area (Å²) in [6.45, 7) is 0. The molecule has 0 spiro atoms. The van der Waals surface area contributed by atoms with E-state index in [1.54, 1.807) is 32.4 Å². The van der Waals surface area contributed by atoms with E-state index in [1.165, 1.54) is 12.1 Å². The van der Waals surface area contributed by atoms with Crippen molar-refractivity contribution in [3.05, 3.63) is 90.1 Å². The topological polar surface area (TPSA) is 69.4 Å². The summed E-state index contributed by atoms with van der Waals surface area (Å²) < 4.78 is 30.2. The summed E-state index contributed by atoms with van der Waals surface area (Å²) in [5.74, 6) is 1.69. The number of hydrogen-bond acceptors (Lipinski definition) is 6. The number of nitrogens with one attached hydrogen (secondary N) is 1. The number of rotatable bonds is 7. The van der Waals surface area contributed by atoms with Crippen molar-refractivity contribution in [1.29, 1.82) is 0 Å². The molecule has 1 aromatic heterocycles. The van der Waals surface area contributed by atoms with Crippen molar-refractivity contribution in [3.63, 3.8) is 0 Å². The zero-order valence-electron chi connectivity index (χ0n) is 16.5. The standard InChI is InChI=1S/C23H20FN3O3/c1-28-19-12-18(13-20(14-19)29-2)25-21(15-8-10-17(24)11-9-15)23-27-26-22(30-23)16-6-4-3-5-7-16/h3-14,21,25H,1-2H3/t21-/m0/s1. The monoisotopic (exact) mass is 405 g/mol. The summed E-state index contributed by atoms with van der Waals surface area (Å²) in [4.78, 5) is 0. The van der Waals surface area contributed by atoms with Crippen LogP contribution in [0.25, 0.3) is 11.5 Å². The first kappa shape index (κ1) is 19.4. The van der Waals surface area contributed by atoms with Gasteiger partial charge in [-0.3, -0.25) is 0 Å². The quantitative estimate of drug-likeness (QED) is 0.462. The maximum Gasteiger partial charge on any atom is 0.247 e. The van der Waals surface area contributed by atoms with E-state index in [-0.39, 0.29) is 5.82 Å². The van der Waals surface area contributed by atoms with Gasteiger partial charge in [-0.2, -0.15) is 0 Å². The first-order valence-electron chi connectivity index (χ1n) is 9.30. The van der Waals surface area contributed by atoms with Crippen LogP contribution in [-0.2, 0) is 0 Å². The van der Waals surface area contributed by atoms with E-state index in [9.17, 15) is 4.39 Å². The Balaban J connectivity index is 1.73. The smallest absolute Gasteiger partial charge is 0.247 e. The van der Waals surface area contributed by atoms with Crippen molar-refractivity contribution in [2.24, 2.45) is 0 Å². The highest BCUT2D eigenvalue weighted by molar-refractivity contribution is 5.56. The Morgan fingerprint density at radius 1 is 0.867 bits per heavy atom. The summed E-state index contributed by atoms with van der Waals surface area (Å²) in [6.07, 6.45) is 0. The van der Waals surface area contributed by atoms with Crippen molar-refractivity contribution < 1.29 is 18.3 Å². The van der Waals surface area contributed by atoms with Crippen LogP contribution in [0.4, 0.5) is 10.1 Å². The zero-order valence-corrected chi connectivity index (χ0v) is 16.5. The molecule has 0 amide bonds. The summed E-state index contributed by atoms with van der Waals surface area (Å²) in [7, 11) is 3.17. The molecule has 0 radical (unpaired) electrons. The number of ether oxygens (including phenoxy) is 2. The lowest BCUT2D eigenvalue weighted by atomic mass is 10.1. The van der Waals surface area contributed by atoms with Crippen LogP contribution in [0.3, 0.4) is 0 Å². The minimum Gasteiger partial charge on any atom is -0.497 e. The summed E-state index contributed by atoms with van der Waals surface area (Å²) in [6, 6.07) is 20.6. The second-order valence-corrected chi connectivity index (χ2v) is 6.54. The predicted octanol–water partition coefficient (Wildman–Crippen LogP) is 5.09. The van der Waals surface area contributed by atoms with Crippen LogP contribution >= 0.6 is 0 Å². The van der Waals surface area contributed by atoms with Gasteiger partial charge in [0, 0.05) is 29.4 Å². The Labute approximate surface area is 173 Å². The van der Waals surface area contributed by atoms with Gasteiger partial charge in [-0.25, -0.2) is 4.39 Å². The summed E-state index contributed by atoms with van der Waals surface area (Å²) in [5.41, 5.74) is 2.30. The number of aromatic nitrogens is 2. The minimum atomic E-state index is -0.507. The number of halogens is 1. The third-order valence-electron chi connectivity index (χ3n) is 4.57. The summed E-state index contributed by atoms with van der Waals surface area (Å²) in [5, 5.41) is 11.8. The molecule has 30 heavy (non-hydrogen) atoms. The van der Waals surface area contributed by atoms with Crippen molar-refractivity contribution in [3.8, 4) is 23.0 Å². The second kappa shape index (κ2) is 8.65. The Kier molecular flexibility index (Phi) is 5.61. The highest BCUT2D eigenvalue weighted by Crippen LogP contribution is 2.32. The molecule has 1 atom stereocenters. The maximum atomic E-state index is 13.5. The first-order valence-corrected chi connectivity index (χ1v) is 9.30. The minimum absolute atomic E-state index is 0.323. The molecule has 1 heterocycles. The molecule has 0 aliphatic heterocycles. The number of benzene rings is 3. The van der Waals surface area contributed by atoms with E-state index in [2.05, 4.69) is 15.5 Å². The third-order valence-corrected chi connectivity index (χ3v) is 4.57. The SMILES string of the molecule is COc1cc(N[C@@H](c2ccc(F)cc2)c2nnc(-c3ccccc3)o2)cc(OC)c1. The molecule has 0 fully saturated rings. The highest BCUT2D eigenvalue weighted by Gasteiger charge is 2.22. The van der Waals surface area contributed by atoms with Gasteiger partial charge < -0.3 is 19.2 Å². The molecule has 0 bridgehead atoms. The average molecular weight is 405 g/mol. The zero-order chi connectivity index (χ0) is 20.9. The van der Waals surface area contributed by atoms with Gasteiger partial charge in [0.25, 0.3) is 0 Å². The molecule has 6 nitrogen and oxygen atoms in total. The maximum absolute atomic E-state index is 13.5. The van der Waals surface area contributed by atoms with E-state index in [0.717, 1.165) is 16.8 Å². The number of anilines is 1. The van der Waals surface area contributed by atoms with Crippen LogP contribution in [0.1, 0.15) is 17.5 Å². The summed E-state index contributed by atoms with van der Waals surface area (Å²) >= 11 is 0. The Hall–Kier alpha value is -3.87. The normalized spacial score (nSPS) is 11.7. The molecule has 4 rings (SSSR count). The fourth-order valence-electron chi connectivity index (χ4n) is 3.05. The molecule has 4 aromatic rings. The molecule has 0 saturated carbocycles. The van der Waals surface area contributed by atoms with E-state index in [4.69, 9.17) is 13.9 Å². The number of nitrogens with zero attached hydrogens (tertiary/aromatic N) is 2. The van der Waals surface area contributed by atoms with Crippen molar-refractivity contribution in [2.75, 3.05) is 19.5 Å². The third kappa shape index (κ3) is 4.25. The van der Waals surface area contributed by atoms with E-state index in [0.29, 0.717) is 23.3 Å². The van der Waals surface area contributed by atoms with Gasteiger partial charge >= 0.3 is 0 Å². The lowest BCUT2D eigenvalue weighted by Crippen LogP contribution is -2.13. The Morgan fingerprint density at radius 2 is 1.53 bits per heavy atom. The van der Waals surface area contributed by atoms with E-state index < -0.39 is 6.04 Å². The lowest BCUT2D eigenvalue weighted by Gasteiger charge is -2.18. The van der Waals surface area contributed by atoms with E-state index >= 15 is 0 Å². The van der Waals surface area contributed by atoms with Gasteiger partial charge in [0.2, 0.25) is 11.8 Å². The molecule has 3 aromatic carbocycles. The predicted molar refractivity (Wildman–Crippen MR) is 111 cm³/mol. The average Bonchev–Trinajstić information content (AvgIpc) is 3.28. The molecule has 0 unspecified atom stereocenters. The fraction of sp³-hybridized carbons (Fsp3) is 0.130. The Morgan fingerprint density at radius 3 is 2.17 bits per heavy atom. The molecule has 1 N–H and O–H groups in total. The second-order valence-electron chi connectivity index (χ2n) is 6.54. The van der Waals surface area contributed by atoms with Crippen LogP contribution in [-0.4, -0.2) is 24.4 Å². The molecule has 0 saturated heterocycles. The van der Waals surface area contributed by atoms with Crippen molar-refractivity contribution in [2.45, 2.75) is 6.04 Å². The van der Waals surface area contributed by atoms with Gasteiger partial charge in [0.05, 0.1) is 14.2 Å². The number of methoxy groups -OCH3 is 2. The largest absolute Gasteiger partial charge is 0.497 e. The first-order chi connectivity index (χ1) is 14.7. The van der Waals surface area contributed by atoms with Crippen LogP contribution in [0, 0.1) is 5.82 Å². The fourth-order valence-corrected chi connectivity index (χ4v) is 3.05. The van der Waals surface area contributed by atoms with Crippen LogP contribution in [0.15, 0.2) is 77.2 Å². The van der Waals surface area contributed by atoms with E-state index in [1.807, 2.05) is 42.5 Å². The van der Waals surface area contributed by atoms with Gasteiger partial charge in [0.1, 0.15) is 23.4 Å². The van der Waals surface area contributed by atoms with Gasteiger partial charge in [-0.05, 0) is 29.8 Å². The van der Waals surface area contributed by atoms with Crippen LogP contribution < -0.4 is 14.8 Å². The molecular formula is C23H20FN3O3.